The summed E-state index contributed by atoms with van der Waals surface area (Å²) < 4.78 is 32.5. The van der Waals surface area contributed by atoms with Gasteiger partial charge >= 0.3 is 19.8 Å². The number of unbranched alkanes of at least 4 members (excludes halogenated alkanes) is 12. The maximum absolute atomic E-state index is 12.5. The van der Waals surface area contributed by atoms with Gasteiger partial charge in [-0.25, -0.2) is 4.57 Å². The third-order valence-electron chi connectivity index (χ3n) is 8.94. The zero-order valence-electron chi connectivity index (χ0n) is 30.7. The molecule has 1 fully saturated rings. The highest BCUT2D eigenvalue weighted by Crippen LogP contribution is 2.43. The molecule has 50 heavy (non-hydrogen) atoms. The molecule has 0 aromatic rings. The van der Waals surface area contributed by atoms with E-state index in [-0.39, 0.29) is 50.9 Å². The van der Waals surface area contributed by atoms with E-state index in [0.29, 0.717) is 19.3 Å². The normalized spacial score (nSPS) is 21.8. The lowest BCUT2D eigenvalue weighted by molar-refractivity contribution is -0.160. The standard InChI is InChI=1S/C37H68NO11P/c1-3-5-7-8-9-10-11-12-13-14-16-22-37(43)49-31(29-48-50(44,45)47-26-25-38)28-46-36(42)21-18-17-20-32-33(35(41)27-34(32)40)24-23-30(39)19-15-6-4-2/h17-18,23-24,30-35,39-41H,3-16,19-22,25-29,38H2,1-2H3,(H,44,45)/b18-17-,24-23+/t30-,31-,32+,33-,34+,35-/m1/s1. The molecule has 0 bridgehead atoms. The van der Waals surface area contributed by atoms with Gasteiger partial charge in [-0.3, -0.25) is 18.6 Å². The summed E-state index contributed by atoms with van der Waals surface area (Å²) in [6, 6.07) is 0. The minimum atomic E-state index is -4.45. The Morgan fingerprint density at radius 2 is 1.46 bits per heavy atom. The second kappa shape index (κ2) is 28.9. The first-order valence-corrected chi connectivity index (χ1v) is 20.6. The van der Waals surface area contributed by atoms with Crippen LogP contribution < -0.4 is 5.73 Å². The molecule has 12 nitrogen and oxygen atoms in total. The second-order valence-corrected chi connectivity index (χ2v) is 14.9. The first kappa shape index (κ1) is 46.4. The molecule has 0 amide bonds. The van der Waals surface area contributed by atoms with E-state index in [4.69, 9.17) is 24.3 Å². The minimum Gasteiger partial charge on any atom is -0.461 e. The minimum absolute atomic E-state index is 0.0102. The summed E-state index contributed by atoms with van der Waals surface area (Å²) in [5.41, 5.74) is 5.32. The maximum atomic E-state index is 12.5. The maximum Gasteiger partial charge on any atom is 0.472 e. The van der Waals surface area contributed by atoms with E-state index in [2.05, 4.69) is 13.8 Å². The lowest BCUT2D eigenvalue weighted by Gasteiger charge is -2.20. The number of aliphatic hydroxyl groups excluding tert-OH is 3. The van der Waals surface area contributed by atoms with Crippen LogP contribution in [0.15, 0.2) is 24.3 Å². The van der Waals surface area contributed by atoms with Crippen molar-refractivity contribution in [2.24, 2.45) is 17.6 Å². The van der Waals surface area contributed by atoms with Crippen molar-refractivity contribution in [3.05, 3.63) is 24.3 Å². The van der Waals surface area contributed by atoms with Gasteiger partial charge in [0.15, 0.2) is 6.10 Å². The van der Waals surface area contributed by atoms with Gasteiger partial charge in [0, 0.05) is 25.3 Å². The molecule has 1 aliphatic carbocycles. The molecule has 0 saturated heterocycles. The monoisotopic (exact) mass is 733 g/mol. The molecule has 7 atom stereocenters. The SMILES string of the molecule is CCCCCCCCCCCCCC(=O)O[C@H](COC(=O)C/C=C\C[C@H]1[C@@H](/C=C/[C@H](O)CCCCC)[C@H](O)C[C@@H]1O)COP(=O)(O)OCCN. The van der Waals surface area contributed by atoms with Gasteiger partial charge in [-0.1, -0.05) is 122 Å². The summed E-state index contributed by atoms with van der Waals surface area (Å²) in [7, 11) is -4.45. The Morgan fingerprint density at radius 3 is 2.10 bits per heavy atom. The predicted molar refractivity (Wildman–Crippen MR) is 194 cm³/mol. The van der Waals surface area contributed by atoms with Crippen molar-refractivity contribution in [3.63, 3.8) is 0 Å². The van der Waals surface area contributed by atoms with E-state index in [9.17, 15) is 34.4 Å². The number of nitrogens with two attached hydrogens (primary N) is 1. The van der Waals surface area contributed by atoms with Crippen LogP contribution in [0.25, 0.3) is 0 Å². The van der Waals surface area contributed by atoms with E-state index in [1.807, 2.05) is 0 Å². The summed E-state index contributed by atoms with van der Waals surface area (Å²) in [6.45, 7) is 3.22. The van der Waals surface area contributed by atoms with Crippen LogP contribution in [0.1, 0.15) is 136 Å². The number of allylic oxidation sites excluding steroid dienone is 1. The molecule has 13 heteroatoms. The van der Waals surface area contributed by atoms with Crippen molar-refractivity contribution in [1.82, 2.24) is 0 Å². The van der Waals surface area contributed by atoms with Crippen LogP contribution >= 0.6 is 7.82 Å². The number of esters is 2. The molecule has 1 rings (SSSR count). The van der Waals surface area contributed by atoms with Crippen molar-refractivity contribution >= 4 is 19.8 Å². The first-order chi connectivity index (χ1) is 24.0. The van der Waals surface area contributed by atoms with Crippen LogP contribution in [0.3, 0.4) is 0 Å². The molecule has 1 saturated carbocycles. The first-order valence-electron chi connectivity index (χ1n) is 19.1. The van der Waals surface area contributed by atoms with Gasteiger partial charge in [0.25, 0.3) is 0 Å². The zero-order chi connectivity index (χ0) is 37.0. The number of ether oxygens (including phenoxy) is 2. The van der Waals surface area contributed by atoms with Crippen LogP contribution in [-0.4, -0.2) is 82.9 Å². The van der Waals surface area contributed by atoms with Crippen LogP contribution in [0.4, 0.5) is 0 Å². The number of phosphoric acid groups is 1. The van der Waals surface area contributed by atoms with Crippen LogP contribution in [0.2, 0.25) is 0 Å². The van der Waals surface area contributed by atoms with Gasteiger partial charge < -0.3 is 35.4 Å². The van der Waals surface area contributed by atoms with Gasteiger partial charge in [-0.2, -0.15) is 0 Å². The number of aliphatic hydroxyl groups is 3. The fraction of sp³-hybridized carbons (Fsp3) is 0.838. The van der Waals surface area contributed by atoms with E-state index in [1.54, 1.807) is 24.3 Å². The Labute approximate surface area is 300 Å². The van der Waals surface area contributed by atoms with Crippen LogP contribution in [0.5, 0.6) is 0 Å². The van der Waals surface area contributed by atoms with Crippen molar-refractivity contribution in [2.45, 2.75) is 160 Å². The summed E-state index contributed by atoms with van der Waals surface area (Å²) in [6.07, 6.45) is 20.6. The van der Waals surface area contributed by atoms with E-state index in [1.165, 1.54) is 44.9 Å². The Bertz CT molecular complexity index is 994. The molecular formula is C37H68NO11P. The van der Waals surface area contributed by atoms with Gasteiger partial charge in [0.05, 0.1) is 37.9 Å². The highest BCUT2D eigenvalue weighted by Gasteiger charge is 2.39. The van der Waals surface area contributed by atoms with E-state index >= 15 is 0 Å². The van der Waals surface area contributed by atoms with Crippen molar-refractivity contribution in [1.29, 1.82) is 0 Å². The molecule has 0 aromatic heterocycles. The molecule has 0 aliphatic heterocycles. The Balaban J connectivity index is 2.54. The lowest BCUT2D eigenvalue weighted by Crippen LogP contribution is -2.29. The van der Waals surface area contributed by atoms with Gasteiger partial charge in [0.1, 0.15) is 6.61 Å². The molecule has 6 N–H and O–H groups in total. The fourth-order valence-corrected chi connectivity index (χ4v) is 6.78. The quantitative estimate of drug-likeness (QED) is 0.0227. The number of carbonyl (C=O) groups is 2. The molecule has 0 radical (unpaired) electrons. The molecule has 0 spiro atoms. The average molecular weight is 734 g/mol. The number of hydrogen-bond donors (Lipinski definition) is 5. The van der Waals surface area contributed by atoms with Gasteiger partial charge in [0.2, 0.25) is 0 Å². The number of carbonyl (C=O) groups excluding carboxylic acids is 2. The number of hydrogen-bond acceptors (Lipinski definition) is 11. The van der Waals surface area contributed by atoms with E-state index in [0.717, 1.165) is 38.5 Å². The topological polar surface area (TPSA) is 195 Å². The lowest BCUT2D eigenvalue weighted by atomic mass is 9.89. The third kappa shape index (κ3) is 23.0. The van der Waals surface area contributed by atoms with Gasteiger partial charge in [-0.15, -0.1) is 0 Å². The van der Waals surface area contributed by atoms with E-state index < -0.39 is 50.8 Å². The van der Waals surface area contributed by atoms with Crippen molar-refractivity contribution < 1.29 is 52.9 Å². The fourth-order valence-electron chi connectivity index (χ4n) is 6.02. The summed E-state index contributed by atoms with van der Waals surface area (Å²) in [5, 5.41) is 31.2. The molecular weight excluding hydrogens is 665 g/mol. The van der Waals surface area contributed by atoms with Crippen LogP contribution in [0, 0.1) is 11.8 Å². The second-order valence-electron chi connectivity index (χ2n) is 13.4. The molecule has 1 unspecified atom stereocenters. The predicted octanol–water partition coefficient (Wildman–Crippen LogP) is 6.43. The summed E-state index contributed by atoms with van der Waals surface area (Å²) in [4.78, 5) is 34.9. The Hall–Kier alpha value is -1.63. The smallest absolute Gasteiger partial charge is 0.461 e. The number of phosphoric ester groups is 1. The largest absolute Gasteiger partial charge is 0.472 e. The zero-order valence-corrected chi connectivity index (χ0v) is 31.6. The van der Waals surface area contributed by atoms with Crippen molar-refractivity contribution in [3.8, 4) is 0 Å². The van der Waals surface area contributed by atoms with Crippen LogP contribution in [-0.2, 0) is 32.7 Å². The van der Waals surface area contributed by atoms with Crippen molar-refractivity contribution in [2.75, 3.05) is 26.4 Å². The number of rotatable bonds is 31. The molecule has 292 valence electrons. The third-order valence-corrected chi connectivity index (χ3v) is 9.93. The molecule has 0 aromatic carbocycles. The van der Waals surface area contributed by atoms with Gasteiger partial charge in [-0.05, 0) is 25.2 Å². The molecule has 1 aliphatic rings. The summed E-state index contributed by atoms with van der Waals surface area (Å²) >= 11 is 0. The highest BCUT2D eigenvalue weighted by atomic mass is 31.2. The average Bonchev–Trinajstić information content (AvgIpc) is 3.35. The highest BCUT2D eigenvalue weighted by molar-refractivity contribution is 7.47. The Morgan fingerprint density at radius 1 is 0.840 bits per heavy atom. The molecule has 0 heterocycles. The summed E-state index contributed by atoms with van der Waals surface area (Å²) in [5.74, 6) is -1.72. The Kier molecular flexibility index (Phi) is 26.8.